The minimum absolute atomic E-state index is 0.0819. The third-order valence-corrected chi connectivity index (χ3v) is 6.93. The number of hydrogen-bond donors (Lipinski definition) is 0. The zero-order valence-electron chi connectivity index (χ0n) is 18.4. The van der Waals surface area contributed by atoms with Gasteiger partial charge in [-0.05, 0) is 58.7 Å². The maximum absolute atomic E-state index is 6.52. The van der Waals surface area contributed by atoms with Gasteiger partial charge in [0.05, 0.1) is 11.2 Å². The Morgan fingerprint density at radius 1 is 0.606 bits per heavy atom. The van der Waals surface area contributed by atoms with Crippen LogP contribution in [0, 0.1) is 0 Å². The highest BCUT2D eigenvalue weighted by molar-refractivity contribution is 5.85. The zero-order valence-corrected chi connectivity index (χ0v) is 18.4. The SMILES string of the molecule is CC1(C)c2ccccc2-c2cc3c(cc21)Oc1cccc(-c2ccc4ccccc4n2)c1O3. The van der Waals surface area contributed by atoms with Crippen LogP contribution in [-0.4, -0.2) is 4.98 Å². The van der Waals surface area contributed by atoms with Crippen LogP contribution in [0.25, 0.3) is 33.3 Å². The zero-order chi connectivity index (χ0) is 22.2. The molecule has 3 nitrogen and oxygen atoms in total. The van der Waals surface area contributed by atoms with Crippen LogP contribution in [0.2, 0.25) is 0 Å². The summed E-state index contributed by atoms with van der Waals surface area (Å²) in [5, 5.41) is 1.12. The van der Waals surface area contributed by atoms with E-state index in [4.69, 9.17) is 14.5 Å². The Balaban J connectivity index is 1.37. The Labute approximate surface area is 192 Å². The van der Waals surface area contributed by atoms with Crippen LogP contribution >= 0.6 is 0 Å². The first-order chi connectivity index (χ1) is 16.1. The lowest BCUT2D eigenvalue weighted by Gasteiger charge is -2.26. The first kappa shape index (κ1) is 18.5. The summed E-state index contributed by atoms with van der Waals surface area (Å²) >= 11 is 0. The first-order valence-electron chi connectivity index (χ1n) is 11.2. The molecular weight excluding hydrogens is 406 g/mol. The number of ether oxygens (including phenoxy) is 2. The molecule has 0 unspecified atom stereocenters. The van der Waals surface area contributed by atoms with Crippen molar-refractivity contribution < 1.29 is 9.47 Å². The third-order valence-electron chi connectivity index (χ3n) is 6.93. The molecule has 0 N–H and O–H groups in total. The average molecular weight is 428 g/mol. The average Bonchev–Trinajstić information content (AvgIpc) is 3.07. The molecule has 0 atom stereocenters. The fourth-order valence-electron chi connectivity index (χ4n) is 5.22. The molecule has 2 aliphatic rings. The number of para-hydroxylation sites is 2. The van der Waals surface area contributed by atoms with Crippen molar-refractivity contribution in [3.8, 4) is 45.4 Å². The summed E-state index contributed by atoms with van der Waals surface area (Å²) in [6, 6.07) is 31.2. The molecule has 0 bridgehead atoms. The summed E-state index contributed by atoms with van der Waals surface area (Å²) in [6.45, 7) is 4.54. The highest BCUT2D eigenvalue weighted by atomic mass is 16.6. The molecule has 3 heteroatoms. The topological polar surface area (TPSA) is 31.4 Å². The lowest BCUT2D eigenvalue weighted by Crippen LogP contribution is -2.15. The van der Waals surface area contributed by atoms with E-state index in [1.807, 2.05) is 42.5 Å². The Morgan fingerprint density at radius 2 is 1.39 bits per heavy atom. The van der Waals surface area contributed by atoms with E-state index in [2.05, 4.69) is 62.4 Å². The predicted octanol–water partition coefficient (Wildman–Crippen LogP) is 8.11. The monoisotopic (exact) mass is 427 g/mol. The molecule has 0 amide bonds. The normalized spacial score (nSPS) is 14.5. The number of aromatic nitrogens is 1. The largest absolute Gasteiger partial charge is 0.449 e. The maximum atomic E-state index is 6.52. The molecule has 5 aromatic rings. The quantitative estimate of drug-likeness (QED) is 0.266. The Kier molecular flexibility index (Phi) is 3.61. The van der Waals surface area contributed by atoms with Gasteiger partial charge in [-0.3, -0.25) is 0 Å². The number of pyridine rings is 1. The number of benzene rings is 4. The molecule has 158 valence electrons. The second-order valence-electron chi connectivity index (χ2n) is 9.24. The molecule has 1 aliphatic carbocycles. The van der Waals surface area contributed by atoms with E-state index in [1.165, 1.54) is 22.3 Å². The van der Waals surface area contributed by atoms with Crippen LogP contribution in [0.3, 0.4) is 0 Å². The van der Waals surface area contributed by atoms with Crippen LogP contribution in [0.1, 0.15) is 25.0 Å². The first-order valence-corrected chi connectivity index (χ1v) is 11.2. The Hall–Kier alpha value is -4.11. The van der Waals surface area contributed by atoms with Gasteiger partial charge in [0.25, 0.3) is 0 Å². The summed E-state index contributed by atoms with van der Waals surface area (Å²) in [7, 11) is 0. The van der Waals surface area contributed by atoms with Gasteiger partial charge < -0.3 is 9.47 Å². The van der Waals surface area contributed by atoms with E-state index in [9.17, 15) is 0 Å². The van der Waals surface area contributed by atoms with Crippen LogP contribution in [0.15, 0.2) is 91.0 Å². The van der Waals surface area contributed by atoms with E-state index in [-0.39, 0.29) is 5.41 Å². The van der Waals surface area contributed by atoms with E-state index in [0.29, 0.717) is 11.5 Å². The van der Waals surface area contributed by atoms with Gasteiger partial charge in [0.2, 0.25) is 0 Å². The van der Waals surface area contributed by atoms with Crippen molar-refractivity contribution >= 4 is 10.9 Å². The smallest absolute Gasteiger partial charge is 0.179 e. The molecule has 33 heavy (non-hydrogen) atoms. The second-order valence-corrected chi connectivity index (χ2v) is 9.24. The van der Waals surface area contributed by atoms with E-state index >= 15 is 0 Å². The molecular formula is C30H21NO2. The molecule has 1 aliphatic heterocycles. The fraction of sp³-hybridized carbons (Fsp3) is 0.100. The van der Waals surface area contributed by atoms with Gasteiger partial charge in [-0.1, -0.05) is 68.4 Å². The van der Waals surface area contributed by atoms with Crippen molar-refractivity contribution in [3.05, 3.63) is 102 Å². The van der Waals surface area contributed by atoms with Crippen molar-refractivity contribution in [2.24, 2.45) is 0 Å². The van der Waals surface area contributed by atoms with Gasteiger partial charge in [0.1, 0.15) is 0 Å². The molecule has 1 aromatic heterocycles. The van der Waals surface area contributed by atoms with Crippen LogP contribution in [-0.2, 0) is 5.41 Å². The number of rotatable bonds is 1. The highest BCUT2D eigenvalue weighted by Crippen LogP contribution is 2.56. The molecule has 0 spiro atoms. The fourth-order valence-corrected chi connectivity index (χ4v) is 5.22. The van der Waals surface area contributed by atoms with E-state index in [0.717, 1.165) is 33.7 Å². The van der Waals surface area contributed by atoms with Gasteiger partial charge in [-0.2, -0.15) is 0 Å². The second kappa shape index (κ2) is 6.46. The minimum atomic E-state index is -0.0819. The Morgan fingerprint density at radius 3 is 2.33 bits per heavy atom. The summed E-state index contributed by atoms with van der Waals surface area (Å²) in [5.41, 5.74) is 7.74. The lowest BCUT2D eigenvalue weighted by atomic mass is 9.82. The van der Waals surface area contributed by atoms with Gasteiger partial charge in [0.15, 0.2) is 23.0 Å². The predicted molar refractivity (Wildman–Crippen MR) is 131 cm³/mol. The standard InChI is InChI=1S/C30H21NO2/c1-30(2)22-11-5-4-9-19(22)21-16-27-28(17-23(21)30)32-26-13-7-10-20(29(26)33-27)25-15-14-18-8-3-6-12-24(18)31-25/h3-17H,1-2H3. The molecule has 0 radical (unpaired) electrons. The molecule has 0 saturated heterocycles. The lowest BCUT2D eigenvalue weighted by molar-refractivity contribution is 0.360. The molecule has 7 rings (SSSR count). The summed E-state index contributed by atoms with van der Waals surface area (Å²) in [6.07, 6.45) is 0. The van der Waals surface area contributed by atoms with Gasteiger partial charge in [-0.25, -0.2) is 4.98 Å². The molecule has 2 heterocycles. The van der Waals surface area contributed by atoms with Crippen molar-refractivity contribution in [1.82, 2.24) is 4.98 Å². The molecule has 0 saturated carbocycles. The number of hydrogen-bond acceptors (Lipinski definition) is 3. The van der Waals surface area contributed by atoms with E-state index < -0.39 is 0 Å². The number of nitrogens with zero attached hydrogens (tertiary/aromatic N) is 1. The summed E-state index contributed by atoms with van der Waals surface area (Å²) in [5.74, 6) is 2.91. The van der Waals surface area contributed by atoms with Gasteiger partial charge in [0, 0.05) is 16.4 Å². The van der Waals surface area contributed by atoms with Gasteiger partial charge >= 0.3 is 0 Å². The van der Waals surface area contributed by atoms with Crippen molar-refractivity contribution in [1.29, 1.82) is 0 Å². The maximum Gasteiger partial charge on any atom is 0.179 e. The Bertz CT molecular complexity index is 1600. The van der Waals surface area contributed by atoms with E-state index in [1.54, 1.807) is 0 Å². The van der Waals surface area contributed by atoms with Gasteiger partial charge in [-0.15, -0.1) is 0 Å². The van der Waals surface area contributed by atoms with Crippen molar-refractivity contribution in [2.45, 2.75) is 19.3 Å². The number of fused-ring (bicyclic) bond motifs is 6. The summed E-state index contributed by atoms with van der Waals surface area (Å²) < 4.78 is 12.9. The van der Waals surface area contributed by atoms with Crippen LogP contribution in [0.4, 0.5) is 0 Å². The summed E-state index contributed by atoms with van der Waals surface area (Å²) in [4.78, 5) is 4.88. The van der Waals surface area contributed by atoms with Crippen LogP contribution < -0.4 is 9.47 Å². The molecule has 4 aromatic carbocycles. The highest BCUT2D eigenvalue weighted by Gasteiger charge is 2.37. The molecule has 0 fully saturated rings. The van der Waals surface area contributed by atoms with Crippen molar-refractivity contribution in [3.63, 3.8) is 0 Å². The van der Waals surface area contributed by atoms with Crippen molar-refractivity contribution in [2.75, 3.05) is 0 Å². The van der Waals surface area contributed by atoms with Crippen LogP contribution in [0.5, 0.6) is 23.0 Å². The minimum Gasteiger partial charge on any atom is -0.449 e. The third kappa shape index (κ3) is 2.59.